The normalized spacial score (nSPS) is 15.8. The molecule has 0 unspecified atom stereocenters. The first-order valence-corrected chi connectivity index (χ1v) is 8.75. The van der Waals surface area contributed by atoms with Gasteiger partial charge < -0.3 is 14.8 Å². The van der Waals surface area contributed by atoms with Crippen molar-refractivity contribution in [3.8, 4) is 0 Å². The van der Waals surface area contributed by atoms with Gasteiger partial charge in [-0.25, -0.2) is 0 Å². The fourth-order valence-corrected chi connectivity index (χ4v) is 3.38. The highest BCUT2D eigenvalue weighted by molar-refractivity contribution is 5.82. The Bertz CT molecular complexity index is 761. The van der Waals surface area contributed by atoms with Crippen molar-refractivity contribution in [2.75, 3.05) is 26.2 Å². The molecule has 0 spiro atoms. The highest BCUT2D eigenvalue weighted by Crippen LogP contribution is 2.17. The molecule has 1 aromatic carbocycles. The monoisotopic (exact) mass is 327 g/mol. The fourth-order valence-electron chi connectivity index (χ4n) is 3.38. The molecule has 0 atom stereocenters. The summed E-state index contributed by atoms with van der Waals surface area (Å²) in [6.45, 7) is 6.10. The number of para-hydroxylation sites is 1. The third kappa shape index (κ3) is 3.67. The molecule has 5 nitrogen and oxygen atoms in total. The van der Waals surface area contributed by atoms with Crippen LogP contribution < -0.4 is 10.7 Å². The van der Waals surface area contributed by atoms with E-state index in [9.17, 15) is 9.59 Å². The first-order chi connectivity index (χ1) is 11.7. The van der Waals surface area contributed by atoms with Gasteiger partial charge in [-0.05, 0) is 44.0 Å². The number of benzene rings is 1. The van der Waals surface area contributed by atoms with Crippen LogP contribution in [0, 0.1) is 5.92 Å². The molecule has 1 amide bonds. The number of amides is 1. The van der Waals surface area contributed by atoms with Crippen molar-refractivity contribution in [3.63, 3.8) is 0 Å². The second-order valence-corrected chi connectivity index (χ2v) is 6.46. The van der Waals surface area contributed by atoms with E-state index in [2.05, 4.69) is 12.2 Å². The highest BCUT2D eigenvalue weighted by atomic mass is 16.2. The molecule has 0 aliphatic carbocycles. The quantitative estimate of drug-likeness (QED) is 0.912. The summed E-state index contributed by atoms with van der Waals surface area (Å²) in [7, 11) is 0. The maximum absolute atomic E-state index is 12.6. The van der Waals surface area contributed by atoms with E-state index in [1.165, 1.54) is 6.07 Å². The lowest BCUT2D eigenvalue weighted by Crippen LogP contribution is -2.42. The number of pyridine rings is 1. The average molecular weight is 327 g/mol. The molecule has 2 aromatic rings. The molecule has 2 heterocycles. The van der Waals surface area contributed by atoms with E-state index in [0.717, 1.165) is 44.5 Å². The second kappa shape index (κ2) is 7.62. The first kappa shape index (κ1) is 16.7. The van der Waals surface area contributed by atoms with Crippen LogP contribution in [-0.4, -0.2) is 41.6 Å². The van der Waals surface area contributed by atoms with Crippen molar-refractivity contribution in [2.24, 2.45) is 5.92 Å². The molecule has 1 fully saturated rings. The van der Waals surface area contributed by atoms with Gasteiger partial charge in [0.05, 0.1) is 5.52 Å². The number of piperidine rings is 1. The maximum Gasteiger partial charge on any atom is 0.242 e. The molecule has 128 valence electrons. The second-order valence-electron chi connectivity index (χ2n) is 6.46. The molecule has 1 aromatic heterocycles. The Labute approximate surface area is 142 Å². The zero-order chi connectivity index (χ0) is 16.9. The maximum atomic E-state index is 12.6. The van der Waals surface area contributed by atoms with Gasteiger partial charge in [-0.1, -0.05) is 19.1 Å². The van der Waals surface area contributed by atoms with Crippen molar-refractivity contribution in [1.29, 1.82) is 0 Å². The molecule has 3 rings (SSSR count). The number of nitrogens with zero attached hydrogens (tertiary/aromatic N) is 2. The van der Waals surface area contributed by atoms with Gasteiger partial charge in [0.2, 0.25) is 5.91 Å². The summed E-state index contributed by atoms with van der Waals surface area (Å²) in [4.78, 5) is 26.5. The van der Waals surface area contributed by atoms with Crippen molar-refractivity contribution >= 4 is 16.8 Å². The number of fused-ring (bicyclic) bond motifs is 1. The molecule has 0 bridgehead atoms. The molecule has 24 heavy (non-hydrogen) atoms. The largest absolute Gasteiger partial charge is 0.341 e. The van der Waals surface area contributed by atoms with Gasteiger partial charge in [0.15, 0.2) is 5.43 Å². The Morgan fingerprint density at radius 3 is 2.71 bits per heavy atom. The standard InChI is InChI=1S/C19H25N3O2/c1-2-20-13-15-7-10-21(11-8-15)19(24)14-22-12-9-18(23)16-5-3-4-6-17(16)22/h3-6,9,12,15,20H,2,7-8,10-11,13-14H2,1H3. The smallest absolute Gasteiger partial charge is 0.242 e. The fraction of sp³-hybridized carbons (Fsp3) is 0.474. The van der Waals surface area contributed by atoms with Crippen molar-refractivity contribution in [3.05, 3.63) is 46.8 Å². The number of aromatic nitrogens is 1. The first-order valence-electron chi connectivity index (χ1n) is 8.75. The Morgan fingerprint density at radius 2 is 1.96 bits per heavy atom. The molecule has 1 N–H and O–H groups in total. The van der Waals surface area contributed by atoms with E-state index in [1.807, 2.05) is 33.7 Å². The number of likely N-dealkylation sites (tertiary alicyclic amines) is 1. The number of hydrogen-bond donors (Lipinski definition) is 1. The molecule has 1 saturated heterocycles. The minimum absolute atomic E-state index is 0.00135. The minimum atomic E-state index is -0.00135. The summed E-state index contributed by atoms with van der Waals surface area (Å²) in [5, 5.41) is 4.05. The Kier molecular flexibility index (Phi) is 5.30. The van der Waals surface area contributed by atoms with Gasteiger partial charge in [-0.15, -0.1) is 0 Å². The zero-order valence-electron chi connectivity index (χ0n) is 14.2. The van der Waals surface area contributed by atoms with Crippen molar-refractivity contribution < 1.29 is 4.79 Å². The number of carbonyl (C=O) groups is 1. The van der Waals surface area contributed by atoms with E-state index in [-0.39, 0.29) is 11.3 Å². The van der Waals surface area contributed by atoms with Crippen LogP contribution >= 0.6 is 0 Å². The number of nitrogens with one attached hydrogen (secondary N) is 1. The molecule has 1 aliphatic heterocycles. The van der Waals surface area contributed by atoms with E-state index < -0.39 is 0 Å². The van der Waals surface area contributed by atoms with Crippen LogP contribution in [0.2, 0.25) is 0 Å². The summed E-state index contributed by atoms with van der Waals surface area (Å²) in [5.74, 6) is 0.799. The third-order valence-electron chi connectivity index (χ3n) is 4.84. The molecular weight excluding hydrogens is 302 g/mol. The van der Waals surface area contributed by atoms with Gasteiger partial charge in [0.25, 0.3) is 0 Å². The SMILES string of the molecule is CCNCC1CCN(C(=O)Cn2ccc(=O)c3ccccc32)CC1. The number of hydrogen-bond acceptors (Lipinski definition) is 3. The van der Waals surface area contributed by atoms with Crippen LogP contribution in [0.4, 0.5) is 0 Å². The Balaban J connectivity index is 1.66. The lowest BCUT2D eigenvalue weighted by Gasteiger charge is -2.32. The van der Waals surface area contributed by atoms with E-state index in [1.54, 1.807) is 6.20 Å². The summed E-state index contributed by atoms with van der Waals surface area (Å²) in [6.07, 6.45) is 3.84. The number of carbonyl (C=O) groups excluding carboxylic acids is 1. The van der Waals surface area contributed by atoms with Gasteiger partial charge in [0, 0.05) is 30.7 Å². The Morgan fingerprint density at radius 1 is 1.21 bits per heavy atom. The number of rotatable bonds is 5. The van der Waals surface area contributed by atoms with Gasteiger partial charge >= 0.3 is 0 Å². The van der Waals surface area contributed by atoms with Crippen LogP contribution in [0.15, 0.2) is 41.3 Å². The van der Waals surface area contributed by atoms with Gasteiger partial charge in [0.1, 0.15) is 6.54 Å². The van der Waals surface area contributed by atoms with Gasteiger partial charge in [-0.3, -0.25) is 9.59 Å². The summed E-state index contributed by atoms with van der Waals surface area (Å²) in [5.41, 5.74) is 0.818. The predicted octanol–water partition coefficient (Wildman–Crippen LogP) is 1.85. The van der Waals surface area contributed by atoms with Crippen LogP contribution in [-0.2, 0) is 11.3 Å². The predicted molar refractivity (Wildman–Crippen MR) is 96.1 cm³/mol. The molecule has 1 aliphatic rings. The average Bonchev–Trinajstić information content (AvgIpc) is 2.63. The summed E-state index contributed by atoms with van der Waals surface area (Å²) >= 11 is 0. The van der Waals surface area contributed by atoms with Crippen molar-refractivity contribution in [2.45, 2.75) is 26.3 Å². The van der Waals surface area contributed by atoms with Crippen molar-refractivity contribution in [1.82, 2.24) is 14.8 Å². The highest BCUT2D eigenvalue weighted by Gasteiger charge is 2.22. The zero-order valence-corrected chi connectivity index (χ0v) is 14.2. The summed E-state index contributed by atoms with van der Waals surface area (Å²) < 4.78 is 1.88. The van der Waals surface area contributed by atoms with Crippen LogP contribution in [0.1, 0.15) is 19.8 Å². The Hall–Kier alpha value is -2.14. The van der Waals surface area contributed by atoms with Crippen LogP contribution in [0.3, 0.4) is 0 Å². The lowest BCUT2D eigenvalue weighted by atomic mass is 9.97. The van der Waals surface area contributed by atoms with Crippen LogP contribution in [0.25, 0.3) is 10.9 Å². The summed E-state index contributed by atoms with van der Waals surface area (Å²) in [6, 6.07) is 9.00. The van der Waals surface area contributed by atoms with Crippen LogP contribution in [0.5, 0.6) is 0 Å². The minimum Gasteiger partial charge on any atom is -0.341 e. The topological polar surface area (TPSA) is 54.3 Å². The molecule has 0 radical (unpaired) electrons. The van der Waals surface area contributed by atoms with Gasteiger partial charge in [-0.2, -0.15) is 0 Å². The third-order valence-corrected chi connectivity index (χ3v) is 4.84. The lowest BCUT2D eigenvalue weighted by molar-refractivity contribution is -0.133. The van der Waals surface area contributed by atoms with E-state index in [0.29, 0.717) is 17.8 Å². The van der Waals surface area contributed by atoms with E-state index in [4.69, 9.17) is 0 Å². The molecule has 0 saturated carbocycles. The molecule has 5 heteroatoms. The molecular formula is C19H25N3O2. The van der Waals surface area contributed by atoms with E-state index >= 15 is 0 Å².